The van der Waals surface area contributed by atoms with Gasteiger partial charge in [0.05, 0.1) is 12.7 Å². The van der Waals surface area contributed by atoms with Crippen molar-refractivity contribution in [2.24, 2.45) is 0 Å². The minimum Gasteiger partial charge on any atom is -0.465 e. The Morgan fingerprint density at radius 3 is 2.72 bits per heavy atom. The molecular formula is C31H35N5O3. The summed E-state index contributed by atoms with van der Waals surface area (Å²) >= 11 is 0. The van der Waals surface area contributed by atoms with Crippen molar-refractivity contribution in [3.63, 3.8) is 0 Å². The van der Waals surface area contributed by atoms with Crippen LogP contribution in [0.1, 0.15) is 29.3 Å². The molecule has 0 fully saturated rings. The van der Waals surface area contributed by atoms with Gasteiger partial charge in [0.1, 0.15) is 0 Å². The van der Waals surface area contributed by atoms with E-state index < -0.39 is 5.97 Å². The molecule has 0 aromatic heterocycles. The van der Waals surface area contributed by atoms with Crippen molar-refractivity contribution in [2.75, 3.05) is 43.2 Å². The molecule has 4 rings (SSSR count). The van der Waals surface area contributed by atoms with Crippen LogP contribution in [0.25, 0.3) is 5.70 Å². The van der Waals surface area contributed by atoms with E-state index >= 15 is 0 Å². The Hall–Kier alpha value is -4.72. The summed E-state index contributed by atoms with van der Waals surface area (Å²) in [6, 6.07) is 12.8. The van der Waals surface area contributed by atoms with Gasteiger partial charge in [0.25, 0.3) is 5.91 Å². The molecule has 0 bridgehead atoms. The molecule has 1 amide bonds. The molecule has 4 N–H and O–H groups in total. The average Bonchev–Trinajstić information content (AvgIpc) is 2.94. The predicted molar refractivity (Wildman–Crippen MR) is 158 cm³/mol. The van der Waals surface area contributed by atoms with Crippen molar-refractivity contribution in [1.82, 2.24) is 10.2 Å². The summed E-state index contributed by atoms with van der Waals surface area (Å²) in [6.45, 7) is 7.77. The molecule has 8 nitrogen and oxygen atoms in total. The summed E-state index contributed by atoms with van der Waals surface area (Å²) in [5, 5.41) is 13.1. The highest BCUT2D eigenvalue weighted by Gasteiger charge is 2.20. The van der Waals surface area contributed by atoms with Gasteiger partial charge in [-0.25, -0.2) is 4.79 Å². The maximum Gasteiger partial charge on any atom is 0.337 e. The number of hydrogen-bond acceptors (Lipinski definition) is 7. The largest absolute Gasteiger partial charge is 0.465 e. The number of carbonyl (C=O) groups excluding carboxylic acids is 2. The van der Waals surface area contributed by atoms with Crippen LogP contribution in [0, 0.1) is 0 Å². The molecule has 0 radical (unpaired) electrons. The quantitative estimate of drug-likeness (QED) is 0.320. The van der Waals surface area contributed by atoms with E-state index in [4.69, 9.17) is 4.74 Å². The molecule has 8 heteroatoms. The maximum absolute atomic E-state index is 13.1. The van der Waals surface area contributed by atoms with Gasteiger partial charge in [-0.15, -0.1) is 0 Å². The second-order valence-corrected chi connectivity index (χ2v) is 9.37. The van der Waals surface area contributed by atoms with Crippen LogP contribution in [0.3, 0.4) is 0 Å². The van der Waals surface area contributed by atoms with E-state index in [2.05, 4.69) is 38.8 Å². The number of nitrogens with zero attached hydrogens (tertiary/aromatic N) is 1. The number of esters is 1. The highest BCUT2D eigenvalue weighted by Crippen LogP contribution is 2.26. The fourth-order valence-corrected chi connectivity index (χ4v) is 4.36. The lowest BCUT2D eigenvalue weighted by Crippen LogP contribution is -2.30. The third-order valence-corrected chi connectivity index (χ3v) is 6.38. The monoisotopic (exact) mass is 525 g/mol. The van der Waals surface area contributed by atoms with Crippen molar-refractivity contribution in [2.45, 2.75) is 19.4 Å². The third-order valence-electron chi connectivity index (χ3n) is 6.38. The number of rotatable bonds is 10. The molecule has 0 saturated heterocycles. The Morgan fingerprint density at radius 1 is 1.15 bits per heavy atom. The minimum absolute atomic E-state index is 0.143. The van der Waals surface area contributed by atoms with E-state index in [1.165, 1.54) is 7.11 Å². The number of amides is 1. The Kier molecular flexibility index (Phi) is 8.89. The lowest BCUT2D eigenvalue weighted by Gasteiger charge is -2.23. The predicted octanol–water partition coefficient (Wildman–Crippen LogP) is 5.11. The number of hydrogen-bond donors (Lipinski definition) is 4. The number of ether oxygens (including phenoxy) is 1. The highest BCUT2D eigenvalue weighted by molar-refractivity contribution is 6.04. The maximum atomic E-state index is 13.1. The zero-order valence-corrected chi connectivity index (χ0v) is 22.6. The number of likely N-dealkylation sites (N-methyl/N-ethyl adjacent to an activating group) is 1. The van der Waals surface area contributed by atoms with E-state index in [1.807, 2.05) is 74.8 Å². The summed E-state index contributed by atoms with van der Waals surface area (Å²) in [5.74, 6) is -0.571. The zero-order valence-electron chi connectivity index (χ0n) is 22.6. The van der Waals surface area contributed by atoms with E-state index in [9.17, 15) is 9.59 Å². The van der Waals surface area contributed by atoms with E-state index in [0.717, 1.165) is 35.7 Å². The van der Waals surface area contributed by atoms with Crippen molar-refractivity contribution in [3.8, 4) is 0 Å². The van der Waals surface area contributed by atoms with Gasteiger partial charge in [0, 0.05) is 78.4 Å². The van der Waals surface area contributed by atoms with E-state index in [1.54, 1.807) is 12.1 Å². The van der Waals surface area contributed by atoms with Crippen molar-refractivity contribution >= 4 is 34.6 Å². The highest BCUT2D eigenvalue weighted by atomic mass is 16.5. The first-order chi connectivity index (χ1) is 18.9. The van der Waals surface area contributed by atoms with Gasteiger partial charge in [0.2, 0.25) is 0 Å². The average molecular weight is 526 g/mol. The van der Waals surface area contributed by atoms with Gasteiger partial charge >= 0.3 is 5.97 Å². The van der Waals surface area contributed by atoms with Gasteiger partial charge in [0.15, 0.2) is 0 Å². The third kappa shape index (κ3) is 7.19. The summed E-state index contributed by atoms with van der Waals surface area (Å²) in [5.41, 5.74) is 5.98. The number of nitrogens with one attached hydrogen (secondary N) is 4. The first-order valence-electron chi connectivity index (χ1n) is 12.9. The van der Waals surface area contributed by atoms with Crippen LogP contribution in [0.15, 0.2) is 96.9 Å². The number of benzene rings is 2. The minimum atomic E-state index is -0.412. The number of methoxy groups -OCH3 is 1. The summed E-state index contributed by atoms with van der Waals surface area (Å²) < 4.78 is 4.88. The molecular weight excluding hydrogens is 490 g/mol. The lowest BCUT2D eigenvalue weighted by molar-refractivity contribution is -0.113. The fourth-order valence-electron chi connectivity index (χ4n) is 4.36. The molecule has 0 unspecified atom stereocenters. The number of allylic oxidation sites excluding steroid dienone is 3. The van der Waals surface area contributed by atoms with Crippen molar-refractivity contribution < 1.29 is 14.3 Å². The first-order valence-corrected chi connectivity index (χ1v) is 12.9. The Bertz CT molecular complexity index is 1370. The fraction of sp³-hybridized carbons (Fsp3) is 0.226. The van der Waals surface area contributed by atoms with Gasteiger partial charge in [-0.1, -0.05) is 30.9 Å². The van der Waals surface area contributed by atoms with Crippen molar-refractivity contribution in [1.29, 1.82) is 0 Å². The van der Waals surface area contributed by atoms with Crippen LogP contribution >= 0.6 is 0 Å². The smallest absolute Gasteiger partial charge is 0.337 e. The number of anilines is 3. The van der Waals surface area contributed by atoms with Crippen LogP contribution in [0.5, 0.6) is 0 Å². The van der Waals surface area contributed by atoms with Gasteiger partial charge in [-0.05, 0) is 55.5 Å². The molecule has 202 valence electrons. The molecule has 1 atom stereocenters. The van der Waals surface area contributed by atoms with Crippen LogP contribution < -0.4 is 21.3 Å². The molecule has 2 aromatic carbocycles. The second-order valence-electron chi connectivity index (χ2n) is 9.37. The zero-order chi connectivity index (χ0) is 27.8. The molecule has 2 aromatic rings. The molecule has 0 saturated carbocycles. The molecule has 1 aliphatic heterocycles. The summed E-state index contributed by atoms with van der Waals surface area (Å²) in [4.78, 5) is 27.3. The Labute approximate surface area is 229 Å². The first kappa shape index (κ1) is 27.3. The number of carbonyl (C=O) groups is 2. The SMILES string of the molecule is C=C(N[C@H]1C=CC=C(C(=O)Nc2cccc(NC3=CCN(C)C=C3)c2)C1)c1cc(C(=O)OC)ccc1NCC. The normalized spacial score (nSPS) is 16.1. The van der Waals surface area contributed by atoms with Gasteiger partial charge in [-0.2, -0.15) is 0 Å². The van der Waals surface area contributed by atoms with Crippen LogP contribution in [0.4, 0.5) is 17.1 Å². The summed E-state index contributed by atoms with van der Waals surface area (Å²) in [7, 11) is 3.38. The molecule has 0 spiro atoms. The van der Waals surface area contributed by atoms with E-state index in [0.29, 0.717) is 28.9 Å². The molecule has 39 heavy (non-hydrogen) atoms. The topological polar surface area (TPSA) is 94.7 Å². The lowest BCUT2D eigenvalue weighted by atomic mass is 9.98. The molecule has 1 heterocycles. The second kappa shape index (κ2) is 12.7. The van der Waals surface area contributed by atoms with Crippen LogP contribution in [-0.4, -0.2) is 50.1 Å². The Morgan fingerprint density at radius 2 is 1.97 bits per heavy atom. The summed E-state index contributed by atoms with van der Waals surface area (Å²) in [6.07, 6.45) is 12.3. The van der Waals surface area contributed by atoms with E-state index in [-0.39, 0.29) is 11.9 Å². The molecule has 1 aliphatic carbocycles. The molecule has 2 aliphatic rings. The van der Waals surface area contributed by atoms with Crippen LogP contribution in [0.2, 0.25) is 0 Å². The Balaban J connectivity index is 1.39. The van der Waals surface area contributed by atoms with Gasteiger partial charge < -0.3 is 30.9 Å². The van der Waals surface area contributed by atoms with Gasteiger partial charge in [-0.3, -0.25) is 4.79 Å². The standard InChI is InChI=1S/C31H35N5O3/c1-5-32-29-13-12-23(31(38)39-4)19-28(29)21(2)33-25-9-6-8-22(18-25)30(37)35-27-11-7-10-26(20-27)34-24-14-16-36(3)17-15-24/h6-16,19-20,25,32-34H,2,5,17-18H2,1,3-4H3,(H,35,37)/t25-/m0/s1. The van der Waals surface area contributed by atoms with Crippen molar-refractivity contribution in [3.05, 3.63) is 108 Å². The van der Waals surface area contributed by atoms with Crippen LogP contribution in [-0.2, 0) is 9.53 Å².